The van der Waals surface area contributed by atoms with E-state index in [1.165, 1.54) is 0 Å². The lowest BCUT2D eigenvalue weighted by atomic mass is 9.90. The van der Waals surface area contributed by atoms with Crippen LogP contribution in [0.5, 0.6) is 5.75 Å². The number of aliphatic hydroxyl groups is 2. The molecule has 0 aromatic heterocycles. The van der Waals surface area contributed by atoms with Gasteiger partial charge in [0.15, 0.2) is 6.29 Å². The van der Waals surface area contributed by atoms with Crippen molar-refractivity contribution >= 4 is 17.7 Å². The molecule has 1 saturated heterocycles. The Morgan fingerprint density at radius 3 is 2.39 bits per heavy atom. The lowest BCUT2D eigenvalue weighted by Crippen LogP contribution is -2.44. The molecule has 0 spiro atoms. The number of nitrogens with one attached hydrogen (secondary N) is 2. The van der Waals surface area contributed by atoms with Crippen LogP contribution in [-0.4, -0.2) is 71.6 Å². The summed E-state index contributed by atoms with van der Waals surface area (Å²) in [6.45, 7) is 4.54. The fourth-order valence-electron chi connectivity index (χ4n) is 5.11. The Balaban J connectivity index is 1.47. The van der Waals surface area contributed by atoms with Gasteiger partial charge in [-0.05, 0) is 54.9 Å². The Labute approximate surface area is 257 Å². The quantitative estimate of drug-likeness (QED) is 0.192. The summed E-state index contributed by atoms with van der Waals surface area (Å²) in [6.07, 6.45) is -2.10. The van der Waals surface area contributed by atoms with Gasteiger partial charge in [0.05, 0.1) is 31.5 Å². The highest BCUT2D eigenvalue weighted by molar-refractivity contribution is 5.91. The van der Waals surface area contributed by atoms with Crippen molar-refractivity contribution in [2.24, 2.45) is 5.92 Å². The number of benzene rings is 3. The number of aliphatic hydroxyl groups excluding tert-OH is 2. The van der Waals surface area contributed by atoms with Gasteiger partial charge in [-0.3, -0.25) is 4.79 Å². The zero-order valence-electron chi connectivity index (χ0n) is 25.2. The van der Waals surface area contributed by atoms with E-state index >= 15 is 0 Å². The first-order chi connectivity index (χ1) is 21.2. The van der Waals surface area contributed by atoms with Gasteiger partial charge in [0, 0.05) is 30.3 Å². The molecule has 1 fully saturated rings. The molecular formula is C33H41N3O8. The van der Waals surface area contributed by atoms with Gasteiger partial charge in [0.1, 0.15) is 12.3 Å². The van der Waals surface area contributed by atoms with E-state index < -0.39 is 24.4 Å². The summed E-state index contributed by atoms with van der Waals surface area (Å²) in [5.41, 5.74) is 3.65. The van der Waals surface area contributed by atoms with Crippen LogP contribution in [0, 0.1) is 5.92 Å². The van der Waals surface area contributed by atoms with Gasteiger partial charge in [-0.2, -0.15) is 0 Å². The van der Waals surface area contributed by atoms with Gasteiger partial charge in [0.2, 0.25) is 0 Å². The Bertz CT molecular complexity index is 1370. The number of nitrogens with zero attached hydrogens (tertiary/aromatic N) is 1. The van der Waals surface area contributed by atoms with Crippen molar-refractivity contribution in [2.45, 2.75) is 45.1 Å². The number of amides is 2. The summed E-state index contributed by atoms with van der Waals surface area (Å²) in [5.74, 6) is -0.480. The molecule has 3 aromatic rings. The maximum absolute atomic E-state index is 12.2. The molecule has 11 nitrogen and oxygen atoms in total. The second kappa shape index (κ2) is 15.6. The minimum absolute atomic E-state index is 0.0523. The number of aromatic hydroxyl groups is 1. The van der Waals surface area contributed by atoms with Crippen LogP contribution in [0.25, 0.3) is 0 Å². The first-order valence-electron chi connectivity index (χ1n) is 14.6. The van der Waals surface area contributed by atoms with E-state index in [2.05, 4.69) is 17.6 Å². The number of phenolic OH excluding ortho intramolecular Hbond substituents is 1. The Kier molecular flexibility index (Phi) is 11.7. The second-order valence-electron chi connectivity index (χ2n) is 10.9. The topological polar surface area (TPSA) is 150 Å². The van der Waals surface area contributed by atoms with E-state index in [4.69, 9.17) is 14.2 Å². The standard InChI is InChI=1S/C33H41N3O8/c1-4-42-30(40)17-34-33(41)35-26-14-12-24(13-15-26)32-43-29(19-36(3)18-28(39)25-6-5-7-27(38)16-25)21(2)31(44-32)23-10-8-22(20-37)9-11-23/h5-16,21,28-29,31-32,37-39H,4,17-20H2,1-3H3,(H2,34,35,41)/t21-,28+,29+,31+,32+/m0/s1. The van der Waals surface area contributed by atoms with Crippen LogP contribution in [-0.2, 0) is 25.6 Å². The van der Waals surface area contributed by atoms with Crippen molar-refractivity contribution < 1.29 is 39.1 Å². The molecule has 2 amide bonds. The molecule has 0 radical (unpaired) electrons. The fraction of sp³-hybridized carbons (Fsp3) is 0.394. The number of rotatable bonds is 12. The van der Waals surface area contributed by atoms with Gasteiger partial charge < -0.3 is 45.1 Å². The Morgan fingerprint density at radius 1 is 1.02 bits per heavy atom. The predicted octanol–water partition coefficient (Wildman–Crippen LogP) is 4.03. The molecule has 3 aromatic carbocycles. The maximum Gasteiger partial charge on any atom is 0.325 e. The van der Waals surface area contributed by atoms with Crippen LogP contribution in [0.15, 0.2) is 72.8 Å². The highest BCUT2D eigenvalue weighted by Gasteiger charge is 2.39. The molecule has 0 bridgehead atoms. The van der Waals surface area contributed by atoms with Crippen molar-refractivity contribution in [1.82, 2.24) is 10.2 Å². The SMILES string of the molecule is CCOC(=O)CNC(=O)Nc1ccc([C@@H]2O[C@H](CN(C)C[C@@H](O)c3cccc(O)c3)[C@H](C)[C@H](c3ccc(CO)cc3)O2)cc1. The van der Waals surface area contributed by atoms with E-state index in [0.29, 0.717) is 24.3 Å². The summed E-state index contributed by atoms with van der Waals surface area (Å²) in [5, 5.41) is 35.3. The first kappa shape index (κ1) is 32.9. The number of phenols is 1. The average molecular weight is 608 g/mol. The molecule has 0 unspecified atom stereocenters. The van der Waals surface area contributed by atoms with Gasteiger partial charge in [0.25, 0.3) is 0 Å². The summed E-state index contributed by atoms with van der Waals surface area (Å²) in [4.78, 5) is 25.7. The maximum atomic E-state index is 12.2. The summed E-state index contributed by atoms with van der Waals surface area (Å²) < 4.78 is 17.8. The number of ether oxygens (including phenoxy) is 3. The van der Waals surface area contributed by atoms with Crippen molar-refractivity contribution in [1.29, 1.82) is 0 Å². The summed E-state index contributed by atoms with van der Waals surface area (Å²) in [6, 6.07) is 20.8. The zero-order chi connectivity index (χ0) is 31.6. The van der Waals surface area contributed by atoms with Crippen molar-refractivity contribution in [3.63, 3.8) is 0 Å². The molecule has 1 heterocycles. The molecule has 5 N–H and O–H groups in total. The van der Waals surface area contributed by atoms with Crippen LogP contribution in [0.4, 0.5) is 10.5 Å². The Hall–Kier alpha value is -4.00. The van der Waals surface area contributed by atoms with Crippen LogP contribution in [0.1, 0.15) is 54.6 Å². The van der Waals surface area contributed by atoms with Crippen molar-refractivity contribution in [3.8, 4) is 5.75 Å². The molecule has 1 aliphatic heterocycles. The van der Waals surface area contributed by atoms with E-state index in [0.717, 1.165) is 16.7 Å². The molecule has 44 heavy (non-hydrogen) atoms. The summed E-state index contributed by atoms with van der Waals surface area (Å²) in [7, 11) is 1.91. The molecular weight excluding hydrogens is 566 g/mol. The molecule has 5 atom stereocenters. The van der Waals surface area contributed by atoms with Gasteiger partial charge in [-0.25, -0.2) is 4.79 Å². The predicted molar refractivity (Wildman–Crippen MR) is 164 cm³/mol. The number of hydrogen-bond acceptors (Lipinski definition) is 9. The summed E-state index contributed by atoms with van der Waals surface area (Å²) >= 11 is 0. The number of urea groups is 1. The van der Waals surface area contributed by atoms with E-state index in [1.807, 2.05) is 36.2 Å². The van der Waals surface area contributed by atoms with Crippen LogP contribution in [0.3, 0.4) is 0 Å². The third-order valence-corrected chi connectivity index (χ3v) is 7.49. The minimum atomic E-state index is -0.797. The largest absolute Gasteiger partial charge is 0.508 e. The number of esters is 1. The van der Waals surface area contributed by atoms with Crippen LogP contribution in [0.2, 0.25) is 0 Å². The molecule has 236 valence electrons. The molecule has 0 aliphatic carbocycles. The number of likely N-dealkylation sites (N-methyl/N-ethyl adjacent to an activating group) is 1. The van der Waals surface area contributed by atoms with Crippen molar-refractivity contribution in [3.05, 3.63) is 95.1 Å². The molecule has 4 rings (SSSR count). The van der Waals surface area contributed by atoms with E-state index in [-0.39, 0.29) is 43.6 Å². The Morgan fingerprint density at radius 2 is 1.73 bits per heavy atom. The molecule has 1 aliphatic rings. The van der Waals surface area contributed by atoms with Crippen LogP contribution >= 0.6 is 0 Å². The number of carbonyl (C=O) groups is 2. The molecule has 11 heteroatoms. The van der Waals surface area contributed by atoms with Gasteiger partial charge in [-0.15, -0.1) is 0 Å². The van der Waals surface area contributed by atoms with Crippen molar-refractivity contribution in [2.75, 3.05) is 38.6 Å². The monoisotopic (exact) mass is 607 g/mol. The third-order valence-electron chi connectivity index (χ3n) is 7.49. The average Bonchev–Trinajstić information content (AvgIpc) is 3.01. The van der Waals surface area contributed by atoms with Gasteiger partial charge in [-0.1, -0.05) is 55.5 Å². The van der Waals surface area contributed by atoms with Gasteiger partial charge >= 0.3 is 12.0 Å². The zero-order valence-corrected chi connectivity index (χ0v) is 25.2. The number of anilines is 1. The lowest BCUT2D eigenvalue weighted by molar-refractivity contribution is -0.276. The van der Waals surface area contributed by atoms with Crippen LogP contribution < -0.4 is 10.6 Å². The number of carbonyl (C=O) groups excluding carboxylic acids is 2. The third kappa shape index (κ3) is 9.01. The lowest BCUT2D eigenvalue weighted by Gasteiger charge is -2.42. The minimum Gasteiger partial charge on any atom is -0.508 e. The second-order valence-corrected chi connectivity index (χ2v) is 10.9. The smallest absolute Gasteiger partial charge is 0.325 e. The van der Waals surface area contributed by atoms with E-state index in [1.54, 1.807) is 55.5 Å². The fourth-order valence-corrected chi connectivity index (χ4v) is 5.11. The highest BCUT2D eigenvalue weighted by Crippen LogP contribution is 2.42. The first-order valence-corrected chi connectivity index (χ1v) is 14.6. The highest BCUT2D eigenvalue weighted by atomic mass is 16.7. The molecule has 0 saturated carbocycles. The number of hydrogen-bond donors (Lipinski definition) is 5. The van der Waals surface area contributed by atoms with E-state index in [9.17, 15) is 24.9 Å². The normalized spacial score (nSPS) is 20.6.